The van der Waals surface area contributed by atoms with Crippen LogP contribution in [0.25, 0.3) is 0 Å². The van der Waals surface area contributed by atoms with Crippen LogP contribution >= 0.6 is 15.9 Å². The minimum Gasteiger partial charge on any atom is -0.349 e. The monoisotopic (exact) mass is 290 g/mol. The van der Waals surface area contributed by atoms with Crippen LogP contribution in [0.15, 0.2) is 11.6 Å². The highest BCUT2D eigenvalue weighted by Crippen LogP contribution is 2.39. The lowest BCUT2D eigenvalue weighted by molar-refractivity contribution is -0.165. The van der Waals surface area contributed by atoms with E-state index in [4.69, 9.17) is 9.47 Å². The zero-order valence-corrected chi connectivity index (χ0v) is 12.5. The minimum atomic E-state index is -0.150. The van der Waals surface area contributed by atoms with Gasteiger partial charge in [0.25, 0.3) is 0 Å². The van der Waals surface area contributed by atoms with Crippen LogP contribution in [0.1, 0.15) is 41.0 Å². The van der Waals surface area contributed by atoms with Gasteiger partial charge in [0.2, 0.25) is 0 Å². The molecule has 2 atom stereocenters. The van der Waals surface area contributed by atoms with Gasteiger partial charge in [-0.2, -0.15) is 0 Å². The van der Waals surface area contributed by atoms with Crippen molar-refractivity contribution < 1.29 is 9.47 Å². The lowest BCUT2D eigenvalue weighted by atomic mass is 9.87. The van der Waals surface area contributed by atoms with Gasteiger partial charge in [-0.15, -0.1) is 0 Å². The first kappa shape index (κ1) is 14.2. The second kappa shape index (κ2) is 5.65. The van der Waals surface area contributed by atoms with Gasteiger partial charge in [-0.25, -0.2) is 0 Å². The fourth-order valence-electron chi connectivity index (χ4n) is 1.92. The quantitative estimate of drug-likeness (QED) is 0.434. The number of hydrogen-bond donors (Lipinski definition) is 0. The van der Waals surface area contributed by atoms with E-state index >= 15 is 0 Å². The van der Waals surface area contributed by atoms with E-state index in [1.54, 1.807) is 0 Å². The highest BCUT2D eigenvalue weighted by Gasteiger charge is 2.32. The average molecular weight is 291 g/mol. The molecule has 1 aliphatic carbocycles. The van der Waals surface area contributed by atoms with Crippen molar-refractivity contribution in [2.24, 2.45) is 5.41 Å². The molecule has 0 N–H and O–H groups in total. The van der Waals surface area contributed by atoms with Gasteiger partial charge < -0.3 is 9.47 Å². The molecule has 2 unspecified atom stereocenters. The van der Waals surface area contributed by atoms with Gasteiger partial charge in [0, 0.05) is 0 Å². The third-order valence-corrected chi connectivity index (χ3v) is 3.62. The lowest BCUT2D eigenvalue weighted by Gasteiger charge is -2.24. The zero-order valence-electron chi connectivity index (χ0n) is 10.9. The molecule has 3 heteroatoms. The van der Waals surface area contributed by atoms with Crippen molar-refractivity contribution in [3.05, 3.63) is 11.6 Å². The summed E-state index contributed by atoms with van der Waals surface area (Å²) in [5.74, 6) is 0. The van der Waals surface area contributed by atoms with E-state index in [-0.39, 0.29) is 23.9 Å². The summed E-state index contributed by atoms with van der Waals surface area (Å²) < 4.78 is 11.6. The van der Waals surface area contributed by atoms with Crippen molar-refractivity contribution in [2.45, 2.75) is 59.5 Å². The Kier molecular flexibility index (Phi) is 5.02. The summed E-state index contributed by atoms with van der Waals surface area (Å²) in [6.07, 6.45) is 3.50. The minimum absolute atomic E-state index is 0.150. The maximum Gasteiger partial charge on any atom is 0.168 e. The van der Waals surface area contributed by atoms with E-state index in [1.165, 1.54) is 5.57 Å². The Morgan fingerprint density at radius 3 is 2.50 bits per heavy atom. The van der Waals surface area contributed by atoms with E-state index in [0.717, 1.165) is 11.8 Å². The number of halogens is 1. The van der Waals surface area contributed by atoms with Gasteiger partial charge in [-0.3, -0.25) is 0 Å². The Hall–Kier alpha value is 0.140. The SMILES string of the molecule is CC1=CC(OC(CBr)OC(C)C)CC1(C)C. The van der Waals surface area contributed by atoms with Gasteiger partial charge in [-0.05, 0) is 32.6 Å². The third kappa shape index (κ3) is 3.86. The molecule has 0 saturated carbocycles. The highest BCUT2D eigenvalue weighted by molar-refractivity contribution is 9.09. The van der Waals surface area contributed by atoms with Gasteiger partial charge in [0.1, 0.15) is 0 Å². The van der Waals surface area contributed by atoms with Crippen molar-refractivity contribution >= 4 is 15.9 Å². The fraction of sp³-hybridized carbons (Fsp3) is 0.846. The third-order valence-electron chi connectivity index (χ3n) is 3.09. The molecule has 0 aromatic carbocycles. The normalized spacial score (nSPS) is 25.9. The standard InChI is InChI=1S/C13H23BrO2/c1-9(2)15-12(8-14)16-11-6-10(3)13(4,5)7-11/h6,9,11-12H,7-8H2,1-5H3. The number of hydrogen-bond acceptors (Lipinski definition) is 2. The first-order chi connectivity index (χ1) is 7.35. The number of ether oxygens (including phenoxy) is 2. The molecule has 0 aliphatic heterocycles. The fourth-order valence-corrected chi connectivity index (χ4v) is 2.22. The van der Waals surface area contributed by atoms with Gasteiger partial charge in [0.15, 0.2) is 6.29 Å². The van der Waals surface area contributed by atoms with E-state index in [1.807, 2.05) is 13.8 Å². The van der Waals surface area contributed by atoms with Crippen LogP contribution in [-0.2, 0) is 9.47 Å². The number of rotatable bonds is 5. The molecule has 0 bridgehead atoms. The molecular weight excluding hydrogens is 268 g/mol. The Morgan fingerprint density at radius 1 is 1.50 bits per heavy atom. The smallest absolute Gasteiger partial charge is 0.168 e. The molecule has 2 nitrogen and oxygen atoms in total. The molecule has 1 rings (SSSR count). The molecular formula is C13H23BrO2. The summed E-state index contributed by atoms with van der Waals surface area (Å²) in [7, 11) is 0. The highest BCUT2D eigenvalue weighted by atomic mass is 79.9. The Balaban J connectivity index is 2.49. The second-order valence-corrected chi connectivity index (χ2v) is 6.03. The Morgan fingerprint density at radius 2 is 2.12 bits per heavy atom. The van der Waals surface area contributed by atoms with Crippen LogP contribution in [0.4, 0.5) is 0 Å². The molecule has 16 heavy (non-hydrogen) atoms. The average Bonchev–Trinajstić information content (AvgIpc) is 2.38. The molecule has 0 heterocycles. The first-order valence-corrected chi connectivity index (χ1v) is 7.03. The predicted molar refractivity (Wildman–Crippen MR) is 70.8 cm³/mol. The molecule has 0 aromatic rings. The topological polar surface area (TPSA) is 18.5 Å². The van der Waals surface area contributed by atoms with Gasteiger partial charge in [0.05, 0.1) is 17.5 Å². The van der Waals surface area contributed by atoms with Crippen molar-refractivity contribution in [1.29, 1.82) is 0 Å². The molecule has 0 radical (unpaired) electrons. The summed E-state index contributed by atoms with van der Waals surface area (Å²) in [4.78, 5) is 0. The maximum atomic E-state index is 5.93. The summed E-state index contributed by atoms with van der Waals surface area (Å²) in [5, 5.41) is 0.717. The van der Waals surface area contributed by atoms with Crippen LogP contribution in [0.2, 0.25) is 0 Å². The van der Waals surface area contributed by atoms with Crippen molar-refractivity contribution in [3.63, 3.8) is 0 Å². The lowest BCUT2D eigenvalue weighted by Crippen LogP contribution is -2.27. The van der Waals surface area contributed by atoms with Crippen LogP contribution in [0, 0.1) is 5.41 Å². The Bertz CT molecular complexity index is 259. The van der Waals surface area contributed by atoms with Gasteiger partial charge in [-0.1, -0.05) is 41.4 Å². The number of alkyl halides is 1. The molecule has 0 spiro atoms. The van der Waals surface area contributed by atoms with Crippen LogP contribution < -0.4 is 0 Å². The molecule has 0 aromatic heterocycles. The Labute approximate surface area is 108 Å². The summed E-state index contributed by atoms with van der Waals surface area (Å²) in [6.45, 7) is 10.7. The molecule has 0 saturated heterocycles. The molecule has 0 fully saturated rings. The van der Waals surface area contributed by atoms with Crippen LogP contribution in [0.5, 0.6) is 0 Å². The van der Waals surface area contributed by atoms with Gasteiger partial charge >= 0.3 is 0 Å². The van der Waals surface area contributed by atoms with Crippen LogP contribution in [-0.4, -0.2) is 23.8 Å². The van der Waals surface area contributed by atoms with Crippen molar-refractivity contribution in [2.75, 3.05) is 5.33 Å². The zero-order chi connectivity index (χ0) is 12.3. The summed E-state index contributed by atoms with van der Waals surface area (Å²) >= 11 is 3.42. The molecule has 1 aliphatic rings. The maximum absolute atomic E-state index is 5.93. The number of allylic oxidation sites excluding steroid dienone is 1. The predicted octanol–water partition coefficient (Wildman–Crippen LogP) is 3.89. The van der Waals surface area contributed by atoms with Crippen molar-refractivity contribution in [3.8, 4) is 0 Å². The molecule has 94 valence electrons. The van der Waals surface area contributed by atoms with E-state index in [9.17, 15) is 0 Å². The van der Waals surface area contributed by atoms with Crippen LogP contribution in [0.3, 0.4) is 0 Å². The molecule has 0 amide bonds. The van der Waals surface area contributed by atoms with Crippen molar-refractivity contribution in [1.82, 2.24) is 0 Å². The summed E-state index contributed by atoms with van der Waals surface area (Å²) in [6, 6.07) is 0. The van der Waals surface area contributed by atoms with E-state index < -0.39 is 0 Å². The van der Waals surface area contributed by atoms with E-state index in [0.29, 0.717) is 0 Å². The summed E-state index contributed by atoms with van der Waals surface area (Å²) in [5.41, 5.74) is 1.68. The second-order valence-electron chi connectivity index (χ2n) is 5.38. The first-order valence-electron chi connectivity index (χ1n) is 5.91. The van der Waals surface area contributed by atoms with E-state index in [2.05, 4.69) is 42.8 Å². The largest absolute Gasteiger partial charge is 0.349 e.